The summed E-state index contributed by atoms with van der Waals surface area (Å²) < 4.78 is 26.1. The minimum Gasteiger partial charge on any atom is -0.284 e. The van der Waals surface area contributed by atoms with Crippen molar-refractivity contribution in [2.45, 2.75) is 25.2 Å². The van der Waals surface area contributed by atoms with Crippen LogP contribution in [0.2, 0.25) is 0 Å². The van der Waals surface area contributed by atoms with Gasteiger partial charge in [-0.25, -0.2) is 8.42 Å². The van der Waals surface area contributed by atoms with E-state index in [0.29, 0.717) is 5.92 Å². The Labute approximate surface area is 109 Å². The van der Waals surface area contributed by atoms with Crippen molar-refractivity contribution < 1.29 is 8.42 Å². The van der Waals surface area contributed by atoms with Gasteiger partial charge in [0.25, 0.3) is 10.0 Å². The molecule has 0 bridgehead atoms. The van der Waals surface area contributed by atoms with Gasteiger partial charge in [-0.3, -0.25) is 9.82 Å². The highest BCUT2D eigenvalue weighted by Crippen LogP contribution is 2.21. The van der Waals surface area contributed by atoms with Gasteiger partial charge in [-0.2, -0.15) is 5.10 Å². The third-order valence-electron chi connectivity index (χ3n) is 2.05. The summed E-state index contributed by atoms with van der Waals surface area (Å²) in [6.45, 7) is 4.13. The van der Waals surface area contributed by atoms with Crippen molar-refractivity contribution in [2.75, 3.05) is 4.72 Å². The first-order valence-corrected chi connectivity index (χ1v) is 7.61. The van der Waals surface area contributed by atoms with Gasteiger partial charge in [0.05, 0.1) is 6.20 Å². The van der Waals surface area contributed by atoms with E-state index in [4.69, 9.17) is 0 Å². The Hall–Kier alpha value is -1.48. The molecule has 2 aromatic rings. The summed E-state index contributed by atoms with van der Waals surface area (Å²) in [5.74, 6) is 0.455. The molecule has 9 heteroatoms. The number of hydrogen-bond acceptors (Lipinski definition) is 6. The molecular weight excluding hydrogens is 274 g/mol. The molecule has 0 aliphatic heterocycles. The zero-order chi connectivity index (χ0) is 13.2. The van der Waals surface area contributed by atoms with E-state index in [1.54, 1.807) is 0 Å². The number of rotatable bonds is 5. The van der Waals surface area contributed by atoms with Crippen LogP contribution in [-0.2, 0) is 16.4 Å². The van der Waals surface area contributed by atoms with Gasteiger partial charge in [-0.05, 0) is 5.92 Å². The van der Waals surface area contributed by atoms with E-state index in [1.807, 2.05) is 0 Å². The molecule has 0 amide bonds. The summed E-state index contributed by atoms with van der Waals surface area (Å²) >= 11 is 1.24. The van der Waals surface area contributed by atoms with Crippen molar-refractivity contribution in [1.29, 1.82) is 0 Å². The lowest BCUT2D eigenvalue weighted by Gasteiger charge is -2.00. The molecule has 2 rings (SSSR count). The molecule has 0 aliphatic carbocycles. The molecule has 0 spiro atoms. The van der Waals surface area contributed by atoms with Crippen LogP contribution >= 0.6 is 11.3 Å². The molecule has 0 aliphatic rings. The predicted molar refractivity (Wildman–Crippen MR) is 67.8 cm³/mol. The Bertz CT molecular complexity index is 603. The van der Waals surface area contributed by atoms with Gasteiger partial charge in [0, 0.05) is 12.6 Å². The molecule has 2 aromatic heterocycles. The fourth-order valence-electron chi connectivity index (χ4n) is 1.29. The highest BCUT2D eigenvalue weighted by Gasteiger charge is 2.17. The molecular formula is C9H13N5O2S2. The van der Waals surface area contributed by atoms with E-state index in [9.17, 15) is 8.42 Å². The maximum Gasteiger partial charge on any atom is 0.266 e. The molecule has 2 heterocycles. The van der Waals surface area contributed by atoms with Crippen molar-refractivity contribution >= 4 is 26.5 Å². The van der Waals surface area contributed by atoms with Gasteiger partial charge in [0.15, 0.2) is 0 Å². The van der Waals surface area contributed by atoms with Crippen LogP contribution in [0.15, 0.2) is 17.3 Å². The molecule has 0 atom stereocenters. The summed E-state index contributed by atoms with van der Waals surface area (Å²) in [7, 11) is -3.62. The third-order valence-corrected chi connectivity index (χ3v) is 4.35. The number of anilines is 1. The molecule has 0 saturated heterocycles. The maximum atomic E-state index is 11.9. The first-order chi connectivity index (χ1) is 8.47. The number of nitrogens with one attached hydrogen (secondary N) is 2. The fraction of sp³-hybridized carbons (Fsp3) is 0.444. The third kappa shape index (κ3) is 3.05. The van der Waals surface area contributed by atoms with Crippen LogP contribution in [-0.4, -0.2) is 28.8 Å². The molecule has 0 fully saturated rings. The van der Waals surface area contributed by atoms with Crippen molar-refractivity contribution in [3.63, 3.8) is 0 Å². The predicted octanol–water partition coefficient (Wildman–Crippen LogP) is 1.26. The molecule has 18 heavy (non-hydrogen) atoms. The monoisotopic (exact) mass is 287 g/mol. The van der Waals surface area contributed by atoms with Crippen molar-refractivity contribution in [2.24, 2.45) is 5.92 Å². The number of aromatic amines is 1. The van der Waals surface area contributed by atoms with Crippen LogP contribution in [0.4, 0.5) is 5.13 Å². The molecule has 98 valence electrons. The highest BCUT2D eigenvalue weighted by molar-refractivity contribution is 7.93. The lowest BCUT2D eigenvalue weighted by molar-refractivity contribution is 0.601. The van der Waals surface area contributed by atoms with Gasteiger partial charge in [-0.15, -0.1) is 10.2 Å². The summed E-state index contributed by atoms with van der Waals surface area (Å²) in [5, 5.41) is 14.9. The molecule has 2 N–H and O–H groups in total. The molecule has 0 radical (unpaired) electrons. The van der Waals surface area contributed by atoms with Crippen LogP contribution < -0.4 is 4.72 Å². The van der Waals surface area contributed by atoms with Crippen LogP contribution in [0.25, 0.3) is 0 Å². The zero-order valence-electron chi connectivity index (χ0n) is 9.91. The Morgan fingerprint density at radius 3 is 2.83 bits per heavy atom. The average molecular weight is 287 g/mol. The van der Waals surface area contributed by atoms with Crippen LogP contribution in [0.3, 0.4) is 0 Å². The zero-order valence-corrected chi connectivity index (χ0v) is 11.5. The Morgan fingerprint density at radius 1 is 1.44 bits per heavy atom. The van der Waals surface area contributed by atoms with Gasteiger partial charge in [-0.1, -0.05) is 25.2 Å². The summed E-state index contributed by atoms with van der Waals surface area (Å²) in [5.41, 5.74) is 0. The number of aromatic nitrogens is 4. The lowest BCUT2D eigenvalue weighted by Crippen LogP contribution is -2.11. The van der Waals surface area contributed by atoms with Gasteiger partial charge in [0.1, 0.15) is 9.90 Å². The second-order valence-corrected chi connectivity index (χ2v) is 6.88. The van der Waals surface area contributed by atoms with Gasteiger partial charge in [0.2, 0.25) is 5.13 Å². The van der Waals surface area contributed by atoms with Gasteiger partial charge < -0.3 is 0 Å². The Morgan fingerprint density at radius 2 is 2.22 bits per heavy atom. The van der Waals surface area contributed by atoms with E-state index in [1.165, 1.54) is 23.7 Å². The van der Waals surface area contributed by atoms with Crippen molar-refractivity contribution in [3.8, 4) is 0 Å². The average Bonchev–Trinajstić information content (AvgIpc) is 2.87. The normalized spacial score (nSPS) is 11.9. The van der Waals surface area contributed by atoms with E-state index in [-0.39, 0.29) is 10.0 Å². The van der Waals surface area contributed by atoms with E-state index in [0.717, 1.165) is 11.4 Å². The summed E-state index contributed by atoms with van der Waals surface area (Å²) in [4.78, 5) is 0.0723. The van der Waals surface area contributed by atoms with Crippen molar-refractivity contribution in [3.05, 3.63) is 17.4 Å². The van der Waals surface area contributed by atoms with E-state index in [2.05, 4.69) is 39.0 Å². The molecule has 0 saturated carbocycles. The second-order valence-electron chi connectivity index (χ2n) is 4.14. The van der Waals surface area contributed by atoms with Crippen LogP contribution in [0.1, 0.15) is 18.9 Å². The molecule has 0 aromatic carbocycles. The molecule has 0 unspecified atom stereocenters. The Kier molecular flexibility index (Phi) is 3.62. The summed E-state index contributed by atoms with van der Waals surface area (Å²) in [6, 6.07) is 0. The second kappa shape index (κ2) is 5.02. The SMILES string of the molecule is CC(C)Cc1nnc(NS(=O)(=O)c2cn[nH]c2)s1. The standard InChI is InChI=1S/C9H13N5O2S2/c1-6(2)3-8-12-13-9(17-8)14-18(15,16)7-4-10-11-5-7/h4-6H,3H2,1-2H3,(H,10,11)(H,13,14). The number of H-pyrrole nitrogens is 1. The first-order valence-electron chi connectivity index (χ1n) is 5.31. The number of sulfonamides is 1. The summed E-state index contributed by atoms with van der Waals surface area (Å²) in [6.07, 6.45) is 3.32. The smallest absolute Gasteiger partial charge is 0.266 e. The number of nitrogens with zero attached hydrogens (tertiary/aromatic N) is 3. The largest absolute Gasteiger partial charge is 0.284 e. The fourth-order valence-corrected chi connectivity index (χ4v) is 3.37. The first kappa shape index (κ1) is 13.0. The maximum absolute atomic E-state index is 11.9. The quantitative estimate of drug-likeness (QED) is 0.862. The minimum absolute atomic E-state index is 0.0723. The van der Waals surface area contributed by atoms with E-state index >= 15 is 0 Å². The number of hydrogen-bond donors (Lipinski definition) is 2. The minimum atomic E-state index is -3.62. The van der Waals surface area contributed by atoms with Crippen LogP contribution in [0, 0.1) is 5.92 Å². The lowest BCUT2D eigenvalue weighted by atomic mass is 10.1. The highest BCUT2D eigenvalue weighted by atomic mass is 32.2. The Balaban J connectivity index is 2.12. The topological polar surface area (TPSA) is 101 Å². The van der Waals surface area contributed by atoms with E-state index < -0.39 is 10.0 Å². The van der Waals surface area contributed by atoms with Crippen LogP contribution in [0.5, 0.6) is 0 Å². The van der Waals surface area contributed by atoms with Gasteiger partial charge >= 0.3 is 0 Å². The molecule has 7 nitrogen and oxygen atoms in total. The van der Waals surface area contributed by atoms with Crippen molar-refractivity contribution in [1.82, 2.24) is 20.4 Å².